The predicted molar refractivity (Wildman–Crippen MR) is 113 cm³/mol. The Kier molecular flexibility index (Phi) is 5.86. The second-order valence-corrected chi connectivity index (χ2v) is 7.22. The summed E-state index contributed by atoms with van der Waals surface area (Å²) in [5.74, 6) is 0.936. The quantitative estimate of drug-likeness (QED) is 0.672. The number of nitrogens with zero attached hydrogens (tertiary/aromatic N) is 3. The van der Waals surface area contributed by atoms with Gasteiger partial charge in [0.25, 0.3) is 5.56 Å². The van der Waals surface area contributed by atoms with Gasteiger partial charge in [0, 0.05) is 37.9 Å². The van der Waals surface area contributed by atoms with Crippen LogP contribution in [0.5, 0.6) is 5.88 Å². The fourth-order valence-electron chi connectivity index (χ4n) is 3.68. The molecule has 29 heavy (non-hydrogen) atoms. The van der Waals surface area contributed by atoms with Gasteiger partial charge in [0.15, 0.2) is 0 Å². The van der Waals surface area contributed by atoms with Crippen LogP contribution in [0.2, 0.25) is 0 Å². The maximum atomic E-state index is 12.2. The highest BCUT2D eigenvalue weighted by molar-refractivity contribution is 5.65. The van der Waals surface area contributed by atoms with Crippen LogP contribution in [-0.4, -0.2) is 46.1 Å². The number of likely N-dealkylation sites (tertiary alicyclic amines) is 1. The molecule has 1 aromatic carbocycles. The van der Waals surface area contributed by atoms with E-state index in [4.69, 9.17) is 4.74 Å². The SMILES string of the molecule is COc1ncccc1-c1cc(=O)[nH]c(NC2CCN(Cc3ccccc3)CC2)n1. The molecule has 0 amide bonds. The largest absolute Gasteiger partial charge is 0.481 e. The van der Waals surface area contributed by atoms with Crippen LogP contribution in [0.25, 0.3) is 11.3 Å². The third-order valence-corrected chi connectivity index (χ3v) is 5.16. The van der Waals surface area contributed by atoms with E-state index in [2.05, 4.69) is 49.4 Å². The molecule has 0 aliphatic carbocycles. The van der Waals surface area contributed by atoms with Crippen LogP contribution < -0.4 is 15.6 Å². The number of benzene rings is 1. The zero-order valence-corrected chi connectivity index (χ0v) is 16.5. The first-order valence-corrected chi connectivity index (χ1v) is 9.85. The summed E-state index contributed by atoms with van der Waals surface area (Å²) in [4.78, 5) is 26.2. The van der Waals surface area contributed by atoms with Gasteiger partial charge in [-0.2, -0.15) is 0 Å². The molecule has 3 aromatic rings. The minimum atomic E-state index is -0.204. The summed E-state index contributed by atoms with van der Waals surface area (Å²) in [5.41, 5.74) is 2.37. The number of aromatic nitrogens is 3. The number of piperidine rings is 1. The van der Waals surface area contributed by atoms with Gasteiger partial charge < -0.3 is 10.1 Å². The number of ether oxygens (including phenoxy) is 1. The highest BCUT2D eigenvalue weighted by Crippen LogP contribution is 2.25. The Morgan fingerprint density at radius 2 is 1.97 bits per heavy atom. The molecule has 0 radical (unpaired) electrons. The number of rotatable bonds is 6. The van der Waals surface area contributed by atoms with Gasteiger partial charge >= 0.3 is 0 Å². The van der Waals surface area contributed by atoms with Crippen molar-refractivity contribution in [3.8, 4) is 17.1 Å². The van der Waals surface area contributed by atoms with Crippen LogP contribution in [0.15, 0.2) is 59.5 Å². The molecular formula is C22H25N5O2. The van der Waals surface area contributed by atoms with Crippen LogP contribution in [0.3, 0.4) is 0 Å². The maximum Gasteiger partial charge on any atom is 0.252 e. The van der Waals surface area contributed by atoms with Crippen LogP contribution in [0.1, 0.15) is 18.4 Å². The molecule has 1 aliphatic rings. The van der Waals surface area contributed by atoms with Crippen molar-refractivity contribution < 1.29 is 4.74 Å². The molecule has 0 spiro atoms. The van der Waals surface area contributed by atoms with Gasteiger partial charge in [0.05, 0.1) is 18.4 Å². The van der Waals surface area contributed by atoms with E-state index in [-0.39, 0.29) is 11.6 Å². The lowest BCUT2D eigenvalue weighted by Gasteiger charge is -2.32. The van der Waals surface area contributed by atoms with Crippen molar-refractivity contribution in [1.82, 2.24) is 19.9 Å². The zero-order valence-electron chi connectivity index (χ0n) is 16.5. The van der Waals surface area contributed by atoms with E-state index < -0.39 is 0 Å². The number of anilines is 1. The summed E-state index contributed by atoms with van der Waals surface area (Å²) >= 11 is 0. The van der Waals surface area contributed by atoms with E-state index in [1.54, 1.807) is 19.4 Å². The van der Waals surface area contributed by atoms with Crippen molar-refractivity contribution in [2.45, 2.75) is 25.4 Å². The first-order valence-electron chi connectivity index (χ1n) is 9.85. The normalized spacial score (nSPS) is 15.2. The molecule has 1 fully saturated rings. The van der Waals surface area contributed by atoms with Crippen LogP contribution in [-0.2, 0) is 6.54 Å². The second kappa shape index (κ2) is 8.87. The summed E-state index contributed by atoms with van der Waals surface area (Å²) < 4.78 is 5.30. The molecule has 0 bridgehead atoms. The van der Waals surface area contributed by atoms with Gasteiger partial charge in [-0.25, -0.2) is 9.97 Å². The van der Waals surface area contributed by atoms with E-state index >= 15 is 0 Å². The van der Waals surface area contributed by atoms with Crippen molar-refractivity contribution in [2.75, 3.05) is 25.5 Å². The standard InChI is InChI=1S/C22H25N5O2/c1-29-21-18(8-5-11-23-21)19-14-20(28)26-22(25-19)24-17-9-12-27(13-10-17)15-16-6-3-2-4-7-16/h2-8,11,14,17H,9-10,12-13,15H2,1H3,(H2,24,25,26,28). The fraction of sp³-hybridized carbons (Fsp3) is 0.318. The zero-order chi connectivity index (χ0) is 20.1. The average Bonchev–Trinajstić information content (AvgIpc) is 2.75. The van der Waals surface area contributed by atoms with Crippen molar-refractivity contribution >= 4 is 5.95 Å². The van der Waals surface area contributed by atoms with Crippen molar-refractivity contribution in [2.24, 2.45) is 0 Å². The van der Waals surface area contributed by atoms with Crippen LogP contribution in [0.4, 0.5) is 5.95 Å². The summed E-state index contributed by atoms with van der Waals surface area (Å²) in [7, 11) is 1.56. The topological polar surface area (TPSA) is 83.1 Å². The highest BCUT2D eigenvalue weighted by atomic mass is 16.5. The lowest BCUT2D eigenvalue weighted by Crippen LogP contribution is -2.39. The predicted octanol–water partition coefficient (Wildman–Crippen LogP) is 2.92. The Balaban J connectivity index is 1.41. The molecule has 7 nitrogen and oxygen atoms in total. The Morgan fingerprint density at radius 1 is 1.17 bits per heavy atom. The van der Waals surface area contributed by atoms with Gasteiger partial charge in [-0.05, 0) is 30.5 Å². The van der Waals surface area contributed by atoms with Gasteiger partial charge in [-0.1, -0.05) is 30.3 Å². The Morgan fingerprint density at radius 3 is 2.72 bits per heavy atom. The Labute approximate surface area is 169 Å². The maximum absolute atomic E-state index is 12.2. The number of nitrogens with one attached hydrogen (secondary N) is 2. The molecule has 0 atom stereocenters. The second-order valence-electron chi connectivity index (χ2n) is 7.22. The lowest BCUT2D eigenvalue weighted by molar-refractivity contribution is 0.211. The first kappa shape index (κ1) is 19.1. The molecule has 1 aliphatic heterocycles. The first-order chi connectivity index (χ1) is 14.2. The molecule has 1 saturated heterocycles. The van der Waals surface area contributed by atoms with E-state index in [0.717, 1.165) is 32.5 Å². The Hall–Kier alpha value is -3.19. The molecule has 2 N–H and O–H groups in total. The van der Waals surface area contributed by atoms with Crippen LogP contribution >= 0.6 is 0 Å². The van der Waals surface area contributed by atoms with E-state index in [1.165, 1.54) is 11.6 Å². The smallest absolute Gasteiger partial charge is 0.252 e. The van der Waals surface area contributed by atoms with E-state index in [0.29, 0.717) is 23.1 Å². The number of hydrogen-bond acceptors (Lipinski definition) is 6. The fourth-order valence-corrected chi connectivity index (χ4v) is 3.68. The third-order valence-electron chi connectivity index (χ3n) is 5.16. The monoisotopic (exact) mass is 391 g/mol. The summed E-state index contributed by atoms with van der Waals surface area (Å²) in [5, 5.41) is 3.40. The summed E-state index contributed by atoms with van der Waals surface area (Å²) in [6.45, 7) is 2.98. The van der Waals surface area contributed by atoms with E-state index in [1.807, 2.05) is 12.1 Å². The third kappa shape index (κ3) is 4.81. The number of aromatic amines is 1. The van der Waals surface area contributed by atoms with Crippen LogP contribution in [0, 0.1) is 0 Å². The Bertz CT molecular complexity index is 997. The van der Waals surface area contributed by atoms with Gasteiger partial charge in [0.1, 0.15) is 0 Å². The molecular weight excluding hydrogens is 366 g/mol. The summed E-state index contributed by atoms with van der Waals surface area (Å²) in [6.07, 6.45) is 3.64. The molecule has 2 aromatic heterocycles. The number of H-pyrrole nitrogens is 1. The number of pyridine rings is 1. The molecule has 0 unspecified atom stereocenters. The molecule has 3 heterocycles. The van der Waals surface area contributed by atoms with Gasteiger partial charge in [-0.3, -0.25) is 14.7 Å². The summed E-state index contributed by atoms with van der Waals surface area (Å²) in [6, 6.07) is 15.9. The number of methoxy groups -OCH3 is 1. The highest BCUT2D eigenvalue weighted by Gasteiger charge is 2.20. The van der Waals surface area contributed by atoms with Crippen molar-refractivity contribution in [3.63, 3.8) is 0 Å². The minimum Gasteiger partial charge on any atom is -0.481 e. The van der Waals surface area contributed by atoms with Gasteiger partial charge in [-0.15, -0.1) is 0 Å². The van der Waals surface area contributed by atoms with Crippen molar-refractivity contribution in [3.05, 3.63) is 70.6 Å². The average molecular weight is 391 g/mol. The van der Waals surface area contributed by atoms with Crippen molar-refractivity contribution in [1.29, 1.82) is 0 Å². The number of hydrogen-bond donors (Lipinski definition) is 2. The molecule has 150 valence electrons. The van der Waals surface area contributed by atoms with Gasteiger partial charge in [0.2, 0.25) is 11.8 Å². The molecule has 4 rings (SSSR count). The molecule has 7 heteroatoms. The lowest BCUT2D eigenvalue weighted by atomic mass is 10.0. The molecule has 0 saturated carbocycles. The van der Waals surface area contributed by atoms with E-state index in [9.17, 15) is 4.79 Å². The minimum absolute atomic E-state index is 0.204.